The number of anilines is 2. The highest BCUT2D eigenvalue weighted by Gasteiger charge is 2.21. The van der Waals surface area contributed by atoms with Crippen LogP contribution >= 0.6 is 0 Å². The summed E-state index contributed by atoms with van der Waals surface area (Å²) in [7, 11) is 0. The normalized spacial score (nSPS) is 10.5. The van der Waals surface area contributed by atoms with Crippen LogP contribution in [0.5, 0.6) is 0 Å². The second-order valence-corrected chi connectivity index (χ2v) is 7.54. The molecule has 0 bridgehead atoms. The third-order valence-corrected chi connectivity index (χ3v) is 4.88. The zero-order chi connectivity index (χ0) is 22.4. The van der Waals surface area contributed by atoms with Crippen LogP contribution in [0.4, 0.5) is 11.6 Å². The van der Waals surface area contributed by atoms with Gasteiger partial charge in [0.2, 0.25) is 5.95 Å². The number of aliphatic carboxylic acids is 1. The number of rotatable bonds is 8. The molecule has 3 aromatic rings. The summed E-state index contributed by atoms with van der Waals surface area (Å²) in [5.74, 6) is -1.08. The Labute approximate surface area is 181 Å². The van der Waals surface area contributed by atoms with Crippen molar-refractivity contribution in [2.75, 3.05) is 18.4 Å². The predicted molar refractivity (Wildman–Crippen MR) is 120 cm³/mol. The van der Waals surface area contributed by atoms with Crippen LogP contribution in [0.1, 0.15) is 32.7 Å². The number of carboxylic acid groups (broad SMARTS) is 1. The highest BCUT2D eigenvalue weighted by molar-refractivity contribution is 5.96. The summed E-state index contributed by atoms with van der Waals surface area (Å²) in [6.45, 7) is 5.63. The lowest BCUT2D eigenvalue weighted by atomic mass is 10.1. The first-order valence-corrected chi connectivity index (χ1v) is 10.1. The number of hydrogen-bond acceptors (Lipinski definition) is 5. The van der Waals surface area contributed by atoms with Crippen molar-refractivity contribution in [3.05, 3.63) is 82.7 Å². The molecule has 1 aromatic heterocycles. The molecule has 0 radical (unpaired) electrons. The van der Waals surface area contributed by atoms with Crippen LogP contribution in [-0.2, 0) is 11.2 Å². The van der Waals surface area contributed by atoms with Gasteiger partial charge >= 0.3 is 5.97 Å². The summed E-state index contributed by atoms with van der Waals surface area (Å²) in [6, 6.07) is 15.7. The maximum absolute atomic E-state index is 13.1. The summed E-state index contributed by atoms with van der Waals surface area (Å²) < 4.78 is 0. The smallest absolute Gasteiger partial charge is 0.323 e. The Bertz CT molecular complexity index is 1080. The molecule has 0 aliphatic carbocycles. The molecule has 1 heterocycles. The third kappa shape index (κ3) is 6.12. The van der Waals surface area contributed by atoms with Crippen molar-refractivity contribution in [3.63, 3.8) is 0 Å². The zero-order valence-electron chi connectivity index (χ0n) is 17.9. The molecule has 160 valence electrons. The van der Waals surface area contributed by atoms with Gasteiger partial charge in [-0.1, -0.05) is 47.5 Å². The SMILES string of the molecule is Cc1ccc(Nc2ncc(C(=O)N(CCc3cccc(C)c3)CC(=O)O)c(C)n2)cc1. The Morgan fingerprint density at radius 1 is 1.03 bits per heavy atom. The Morgan fingerprint density at radius 3 is 2.42 bits per heavy atom. The fourth-order valence-electron chi connectivity index (χ4n) is 3.22. The van der Waals surface area contributed by atoms with Crippen molar-refractivity contribution in [2.45, 2.75) is 27.2 Å². The number of carbonyl (C=O) groups excluding carboxylic acids is 1. The molecule has 0 saturated carbocycles. The second kappa shape index (κ2) is 9.84. The Morgan fingerprint density at radius 2 is 1.77 bits per heavy atom. The largest absolute Gasteiger partial charge is 0.480 e. The Hall–Kier alpha value is -3.74. The quantitative estimate of drug-likeness (QED) is 0.576. The molecule has 0 spiro atoms. The van der Waals surface area contributed by atoms with Gasteiger partial charge in [-0.05, 0) is 44.9 Å². The van der Waals surface area contributed by atoms with E-state index in [-0.39, 0.29) is 13.1 Å². The molecule has 0 fully saturated rings. The molecule has 0 saturated heterocycles. The van der Waals surface area contributed by atoms with E-state index >= 15 is 0 Å². The first kappa shape index (κ1) is 22.0. The van der Waals surface area contributed by atoms with Crippen molar-refractivity contribution in [1.82, 2.24) is 14.9 Å². The van der Waals surface area contributed by atoms with Crippen molar-refractivity contribution < 1.29 is 14.7 Å². The van der Waals surface area contributed by atoms with Gasteiger partial charge in [0.05, 0.1) is 11.3 Å². The monoisotopic (exact) mass is 418 g/mol. The molecule has 3 rings (SSSR count). The minimum Gasteiger partial charge on any atom is -0.480 e. The van der Waals surface area contributed by atoms with Gasteiger partial charge in [-0.3, -0.25) is 9.59 Å². The van der Waals surface area contributed by atoms with E-state index in [0.717, 1.165) is 22.4 Å². The summed E-state index contributed by atoms with van der Waals surface area (Å²) in [5.41, 5.74) is 4.94. The number of amides is 1. The lowest BCUT2D eigenvalue weighted by Crippen LogP contribution is -2.37. The van der Waals surface area contributed by atoms with Crippen LogP contribution in [0.15, 0.2) is 54.7 Å². The standard InChI is InChI=1S/C24H26N4O3/c1-16-7-9-20(10-8-16)27-24-25-14-21(18(3)26-24)23(31)28(15-22(29)30)12-11-19-6-4-5-17(2)13-19/h4-10,13-14H,11-12,15H2,1-3H3,(H,29,30)(H,25,26,27). The number of nitrogens with zero attached hydrogens (tertiary/aromatic N) is 3. The minimum absolute atomic E-state index is 0.289. The molecule has 2 aromatic carbocycles. The summed E-state index contributed by atoms with van der Waals surface area (Å²) in [4.78, 5) is 34.4. The van der Waals surface area contributed by atoms with Crippen molar-refractivity contribution in [3.8, 4) is 0 Å². The molecule has 7 heteroatoms. The molecule has 1 amide bonds. The van der Waals surface area contributed by atoms with Gasteiger partial charge < -0.3 is 15.3 Å². The van der Waals surface area contributed by atoms with Crippen molar-refractivity contribution >= 4 is 23.5 Å². The molecular formula is C24H26N4O3. The minimum atomic E-state index is -1.06. The first-order valence-electron chi connectivity index (χ1n) is 10.1. The molecular weight excluding hydrogens is 392 g/mol. The molecule has 0 aliphatic rings. The van der Waals surface area contributed by atoms with Crippen LogP contribution in [0.25, 0.3) is 0 Å². The topological polar surface area (TPSA) is 95.4 Å². The van der Waals surface area contributed by atoms with Crippen LogP contribution in [0.2, 0.25) is 0 Å². The van der Waals surface area contributed by atoms with E-state index in [1.807, 2.05) is 62.4 Å². The number of carbonyl (C=O) groups is 2. The van der Waals surface area contributed by atoms with Crippen LogP contribution in [0.3, 0.4) is 0 Å². The third-order valence-electron chi connectivity index (χ3n) is 4.88. The van der Waals surface area contributed by atoms with Crippen LogP contribution in [0, 0.1) is 20.8 Å². The predicted octanol–water partition coefficient (Wildman–Crippen LogP) is 3.91. The van der Waals surface area contributed by atoms with Crippen LogP contribution in [-0.4, -0.2) is 44.9 Å². The molecule has 2 N–H and O–H groups in total. The Kier molecular flexibility index (Phi) is 6.97. The van der Waals surface area contributed by atoms with Crippen molar-refractivity contribution in [2.24, 2.45) is 0 Å². The van der Waals surface area contributed by atoms with Crippen molar-refractivity contribution in [1.29, 1.82) is 0 Å². The highest BCUT2D eigenvalue weighted by atomic mass is 16.4. The van der Waals surface area contributed by atoms with E-state index in [2.05, 4.69) is 15.3 Å². The average Bonchev–Trinajstić information content (AvgIpc) is 2.72. The number of nitrogens with one attached hydrogen (secondary N) is 1. The number of aryl methyl sites for hydroxylation is 3. The highest BCUT2D eigenvalue weighted by Crippen LogP contribution is 2.16. The van der Waals surface area contributed by atoms with E-state index in [1.54, 1.807) is 6.92 Å². The molecule has 0 unspecified atom stereocenters. The van der Waals surface area contributed by atoms with E-state index < -0.39 is 11.9 Å². The summed E-state index contributed by atoms with van der Waals surface area (Å²) in [5, 5.41) is 12.4. The number of hydrogen-bond donors (Lipinski definition) is 2. The molecule has 7 nitrogen and oxygen atoms in total. The fraction of sp³-hybridized carbons (Fsp3) is 0.250. The van der Waals surface area contributed by atoms with E-state index in [0.29, 0.717) is 23.6 Å². The van der Waals surface area contributed by atoms with Gasteiger partial charge in [0.1, 0.15) is 6.54 Å². The van der Waals surface area contributed by atoms with Gasteiger partial charge in [-0.2, -0.15) is 0 Å². The van der Waals surface area contributed by atoms with Gasteiger partial charge in [-0.25, -0.2) is 9.97 Å². The lowest BCUT2D eigenvalue weighted by Gasteiger charge is -2.21. The Balaban J connectivity index is 1.75. The van der Waals surface area contributed by atoms with E-state index in [4.69, 9.17) is 0 Å². The van der Waals surface area contributed by atoms with Gasteiger partial charge in [0.15, 0.2) is 0 Å². The maximum atomic E-state index is 13.1. The number of carboxylic acids is 1. The van der Waals surface area contributed by atoms with E-state index in [9.17, 15) is 14.7 Å². The fourth-order valence-corrected chi connectivity index (χ4v) is 3.22. The first-order chi connectivity index (χ1) is 14.8. The molecule has 0 aliphatic heterocycles. The molecule has 31 heavy (non-hydrogen) atoms. The number of benzene rings is 2. The summed E-state index contributed by atoms with van der Waals surface area (Å²) >= 11 is 0. The van der Waals surface area contributed by atoms with Crippen LogP contribution < -0.4 is 5.32 Å². The van der Waals surface area contributed by atoms with Gasteiger partial charge in [-0.15, -0.1) is 0 Å². The zero-order valence-corrected chi connectivity index (χ0v) is 17.9. The van der Waals surface area contributed by atoms with Gasteiger partial charge in [0, 0.05) is 18.4 Å². The van der Waals surface area contributed by atoms with E-state index in [1.165, 1.54) is 11.1 Å². The maximum Gasteiger partial charge on any atom is 0.323 e. The molecule has 0 atom stereocenters. The average molecular weight is 418 g/mol. The lowest BCUT2D eigenvalue weighted by molar-refractivity contribution is -0.137. The summed E-state index contributed by atoms with van der Waals surface area (Å²) in [6.07, 6.45) is 2.01. The van der Waals surface area contributed by atoms with Gasteiger partial charge in [0.25, 0.3) is 5.91 Å². The number of aromatic nitrogens is 2. The second-order valence-electron chi connectivity index (χ2n) is 7.54.